The lowest BCUT2D eigenvalue weighted by Crippen LogP contribution is -2.41. The van der Waals surface area contributed by atoms with Crippen molar-refractivity contribution >= 4 is 6.08 Å². The van der Waals surface area contributed by atoms with Gasteiger partial charge in [0.1, 0.15) is 0 Å². The maximum absolute atomic E-state index is 2.48. The molecule has 1 atom stereocenters. The summed E-state index contributed by atoms with van der Waals surface area (Å²) in [6, 6.07) is 54.8. The van der Waals surface area contributed by atoms with Gasteiger partial charge in [-0.1, -0.05) is 168 Å². The second kappa shape index (κ2) is 10.4. The van der Waals surface area contributed by atoms with Crippen LogP contribution in [0, 0.1) is 13.8 Å². The summed E-state index contributed by atoms with van der Waals surface area (Å²) in [5, 5.41) is 0. The van der Waals surface area contributed by atoms with Gasteiger partial charge in [-0.15, -0.1) is 0 Å². The second-order valence-corrected chi connectivity index (χ2v) is 12.7. The van der Waals surface area contributed by atoms with E-state index in [1.165, 1.54) is 72.3 Å². The Kier molecular flexibility index (Phi) is 6.27. The lowest BCUT2D eigenvalue weighted by atomic mass is 9.54. The third-order valence-electron chi connectivity index (χ3n) is 10.1. The zero-order valence-electron chi connectivity index (χ0n) is 25.6. The molecule has 0 N–H and O–H groups in total. The molecular weight excluding hydrogens is 528 g/mol. The van der Waals surface area contributed by atoms with E-state index in [1.807, 2.05) is 0 Å². The number of hydrogen-bond donors (Lipinski definition) is 0. The van der Waals surface area contributed by atoms with E-state index in [0.717, 1.165) is 0 Å². The molecule has 0 aliphatic heterocycles. The van der Waals surface area contributed by atoms with Crippen LogP contribution in [-0.2, 0) is 5.41 Å². The highest BCUT2D eigenvalue weighted by Gasteiger charge is 2.54. The Morgan fingerprint density at radius 2 is 0.955 bits per heavy atom. The Labute approximate surface area is 261 Å². The number of hydrogen-bond acceptors (Lipinski definition) is 0. The Bertz CT molecular complexity index is 1940. The molecule has 2 aliphatic carbocycles. The van der Waals surface area contributed by atoms with Gasteiger partial charge in [-0.25, -0.2) is 0 Å². The number of benzene rings is 6. The minimum atomic E-state index is -0.398. The molecule has 44 heavy (non-hydrogen) atoms. The lowest BCUT2D eigenvalue weighted by molar-refractivity contribution is 0.405. The van der Waals surface area contributed by atoms with Crippen molar-refractivity contribution in [1.29, 1.82) is 0 Å². The van der Waals surface area contributed by atoms with Gasteiger partial charge < -0.3 is 0 Å². The van der Waals surface area contributed by atoms with Crippen LogP contribution in [0.15, 0.2) is 151 Å². The van der Waals surface area contributed by atoms with Crippen LogP contribution in [0.2, 0.25) is 0 Å². The van der Waals surface area contributed by atoms with Crippen LogP contribution in [0.4, 0.5) is 0 Å². The van der Waals surface area contributed by atoms with Crippen molar-refractivity contribution in [3.8, 4) is 22.3 Å². The Hall–Kier alpha value is -4.94. The summed E-state index contributed by atoms with van der Waals surface area (Å²) in [4.78, 5) is 0. The average Bonchev–Trinajstić information content (AvgIpc) is 3.57. The van der Waals surface area contributed by atoms with E-state index in [2.05, 4.69) is 172 Å². The normalized spacial score (nSPS) is 15.4. The number of allylic oxidation sites excluding steroid dienone is 1. The number of aryl methyl sites for hydroxylation is 2. The summed E-state index contributed by atoms with van der Waals surface area (Å²) in [7, 11) is 0. The molecule has 0 aromatic heterocycles. The summed E-state index contributed by atoms with van der Waals surface area (Å²) in [5.74, 6) is 0.257. The van der Waals surface area contributed by atoms with Crippen LogP contribution in [0.3, 0.4) is 0 Å². The van der Waals surface area contributed by atoms with E-state index in [-0.39, 0.29) is 11.8 Å². The van der Waals surface area contributed by atoms with Crippen molar-refractivity contribution in [2.24, 2.45) is 0 Å². The lowest BCUT2D eigenvalue weighted by Gasteiger charge is -2.47. The molecule has 0 saturated heterocycles. The molecule has 0 spiro atoms. The van der Waals surface area contributed by atoms with E-state index in [4.69, 9.17) is 0 Å². The number of fused-ring (bicyclic) bond motifs is 4. The van der Waals surface area contributed by atoms with Crippen LogP contribution < -0.4 is 0 Å². The van der Waals surface area contributed by atoms with Crippen molar-refractivity contribution in [2.75, 3.05) is 0 Å². The Morgan fingerprint density at radius 3 is 1.50 bits per heavy atom. The van der Waals surface area contributed by atoms with Crippen molar-refractivity contribution in [3.05, 3.63) is 196 Å². The first kappa shape index (κ1) is 26.7. The third kappa shape index (κ3) is 3.91. The predicted octanol–water partition coefficient (Wildman–Crippen LogP) is 11.3. The van der Waals surface area contributed by atoms with Crippen LogP contribution in [0.25, 0.3) is 28.3 Å². The summed E-state index contributed by atoms with van der Waals surface area (Å²) >= 11 is 0. The van der Waals surface area contributed by atoms with Gasteiger partial charge in [0.2, 0.25) is 0 Å². The molecule has 6 aromatic carbocycles. The highest BCUT2D eigenvalue weighted by molar-refractivity contribution is 5.85. The molecule has 0 nitrogen and oxygen atoms in total. The molecule has 0 fully saturated rings. The van der Waals surface area contributed by atoms with Gasteiger partial charge in [0, 0.05) is 17.3 Å². The molecule has 2 aliphatic rings. The molecule has 212 valence electrons. The van der Waals surface area contributed by atoms with Gasteiger partial charge in [-0.05, 0) is 76.4 Å². The molecular formula is C44H36. The molecule has 6 aromatic rings. The van der Waals surface area contributed by atoms with E-state index >= 15 is 0 Å². The SMILES string of the molecule is CC1=Cc2c(-c3ccccc3)cccc2C1C(c1ccccc1)(c1ccccc1)C1c2cc(C)ccc2-c2ccc(C)cc21. The maximum Gasteiger partial charge on any atom is 0.0418 e. The summed E-state index contributed by atoms with van der Waals surface area (Å²) in [6.07, 6.45) is 2.48. The zero-order chi connectivity index (χ0) is 29.8. The fourth-order valence-corrected chi connectivity index (χ4v) is 8.44. The second-order valence-electron chi connectivity index (χ2n) is 12.7. The highest BCUT2D eigenvalue weighted by atomic mass is 14.6. The fraction of sp³-hybridized carbons (Fsp3) is 0.136. The smallest absolute Gasteiger partial charge is 0.0418 e. The van der Waals surface area contributed by atoms with Crippen LogP contribution in [0.1, 0.15) is 63.3 Å². The molecule has 0 amide bonds. The van der Waals surface area contributed by atoms with Gasteiger partial charge in [-0.2, -0.15) is 0 Å². The first-order valence-corrected chi connectivity index (χ1v) is 15.8. The summed E-state index contributed by atoms with van der Waals surface area (Å²) < 4.78 is 0. The van der Waals surface area contributed by atoms with Gasteiger partial charge in [0.05, 0.1) is 0 Å². The van der Waals surface area contributed by atoms with Crippen LogP contribution in [0.5, 0.6) is 0 Å². The van der Waals surface area contributed by atoms with Gasteiger partial charge in [0.25, 0.3) is 0 Å². The monoisotopic (exact) mass is 564 g/mol. The minimum absolute atomic E-state index is 0.122. The Morgan fingerprint density at radius 1 is 0.432 bits per heavy atom. The maximum atomic E-state index is 2.48. The summed E-state index contributed by atoms with van der Waals surface area (Å²) in [5.41, 5.74) is 17.3. The third-order valence-corrected chi connectivity index (χ3v) is 10.1. The van der Waals surface area contributed by atoms with Crippen molar-refractivity contribution in [2.45, 2.75) is 38.0 Å². The molecule has 8 rings (SSSR count). The fourth-order valence-electron chi connectivity index (χ4n) is 8.44. The van der Waals surface area contributed by atoms with Gasteiger partial charge in [0.15, 0.2) is 0 Å². The van der Waals surface area contributed by atoms with Crippen molar-refractivity contribution in [3.63, 3.8) is 0 Å². The quantitative estimate of drug-likeness (QED) is 0.195. The van der Waals surface area contributed by atoms with E-state index in [0.29, 0.717) is 0 Å². The summed E-state index contributed by atoms with van der Waals surface area (Å²) in [6.45, 7) is 6.84. The molecule has 0 heteroatoms. The first-order chi connectivity index (χ1) is 21.6. The minimum Gasteiger partial charge on any atom is -0.0639 e. The van der Waals surface area contributed by atoms with E-state index < -0.39 is 5.41 Å². The van der Waals surface area contributed by atoms with Gasteiger partial charge >= 0.3 is 0 Å². The van der Waals surface area contributed by atoms with Crippen LogP contribution in [-0.4, -0.2) is 0 Å². The van der Waals surface area contributed by atoms with Crippen LogP contribution >= 0.6 is 0 Å². The van der Waals surface area contributed by atoms with Crippen molar-refractivity contribution < 1.29 is 0 Å². The molecule has 0 saturated carbocycles. The topological polar surface area (TPSA) is 0 Å². The molecule has 0 radical (unpaired) electrons. The van der Waals surface area contributed by atoms with E-state index in [9.17, 15) is 0 Å². The van der Waals surface area contributed by atoms with E-state index in [1.54, 1.807) is 0 Å². The molecule has 0 heterocycles. The largest absolute Gasteiger partial charge is 0.0639 e. The standard InChI is InChI=1S/C44H36/c1-29-22-24-36-37-25-23-30(2)27-41(37)43(40(36)26-29)44(33-16-9-5-10-17-33,34-18-11-6-12-19-34)42-31(3)28-39-35(20-13-21-38(39)42)32-14-7-4-8-15-32/h4-28,42-43H,1-3H3. The highest BCUT2D eigenvalue weighted by Crippen LogP contribution is 2.64. The first-order valence-electron chi connectivity index (χ1n) is 15.8. The van der Waals surface area contributed by atoms with Crippen molar-refractivity contribution in [1.82, 2.24) is 0 Å². The Balaban J connectivity index is 1.51. The predicted molar refractivity (Wildman–Crippen MR) is 185 cm³/mol. The zero-order valence-corrected chi connectivity index (χ0v) is 25.6. The molecule has 1 unspecified atom stereocenters. The van der Waals surface area contributed by atoms with Gasteiger partial charge in [-0.3, -0.25) is 0 Å². The average molecular weight is 565 g/mol. The molecule has 0 bridgehead atoms. The number of rotatable bonds is 5.